The van der Waals surface area contributed by atoms with E-state index in [2.05, 4.69) is 29.0 Å². The Morgan fingerprint density at radius 3 is 2.47 bits per heavy atom. The molecule has 2 aromatic carbocycles. The van der Waals surface area contributed by atoms with Crippen molar-refractivity contribution in [2.45, 2.75) is 37.2 Å². The van der Waals surface area contributed by atoms with Crippen molar-refractivity contribution in [1.29, 1.82) is 0 Å². The first kappa shape index (κ1) is 24.0. The number of nitrogens with one attached hydrogen (secondary N) is 1. The summed E-state index contributed by atoms with van der Waals surface area (Å²) < 4.78 is 0. The minimum atomic E-state index is -0.0953. The van der Waals surface area contributed by atoms with E-state index in [1.54, 1.807) is 18.0 Å². The van der Waals surface area contributed by atoms with Crippen LogP contribution in [0.1, 0.15) is 25.0 Å². The molecular formula is C26H31N3O2S. The Bertz CT molecular complexity index is 967. The number of anilines is 1. The number of aliphatic hydroxyl groups is 1. The molecule has 6 heteroatoms. The first-order valence-electron chi connectivity index (χ1n) is 10.9. The van der Waals surface area contributed by atoms with E-state index in [0.29, 0.717) is 6.54 Å². The molecule has 1 heterocycles. The molecule has 0 aliphatic rings. The van der Waals surface area contributed by atoms with E-state index < -0.39 is 0 Å². The zero-order valence-corrected chi connectivity index (χ0v) is 19.5. The maximum absolute atomic E-state index is 12.9. The summed E-state index contributed by atoms with van der Waals surface area (Å²) in [6.45, 7) is 4.97. The van der Waals surface area contributed by atoms with Gasteiger partial charge >= 0.3 is 0 Å². The molecule has 0 bridgehead atoms. The molecule has 0 saturated carbocycles. The van der Waals surface area contributed by atoms with Crippen LogP contribution in [0.3, 0.4) is 0 Å². The summed E-state index contributed by atoms with van der Waals surface area (Å²) in [6.07, 6.45) is 1.79. The molecule has 2 N–H and O–H groups in total. The number of hydrogen-bond donors (Lipinski definition) is 2. The molecule has 32 heavy (non-hydrogen) atoms. The van der Waals surface area contributed by atoms with Crippen LogP contribution in [-0.2, 0) is 17.1 Å². The van der Waals surface area contributed by atoms with E-state index in [-0.39, 0.29) is 31.0 Å². The molecule has 0 spiro atoms. The van der Waals surface area contributed by atoms with Crippen LogP contribution in [-0.4, -0.2) is 40.1 Å². The minimum Gasteiger partial charge on any atom is -0.395 e. The first-order chi connectivity index (χ1) is 15.5. The topological polar surface area (TPSA) is 65.5 Å². The SMILES string of the molecule is CC(C)C(CO)N(CC(=O)Nc1cccc(CSc2ccccn2)c1)Cc1ccccc1. The van der Waals surface area contributed by atoms with Crippen LogP contribution in [0.15, 0.2) is 84.0 Å². The molecule has 1 aromatic heterocycles. The van der Waals surface area contributed by atoms with Crippen molar-refractivity contribution >= 4 is 23.4 Å². The summed E-state index contributed by atoms with van der Waals surface area (Å²) in [5.74, 6) is 0.916. The maximum Gasteiger partial charge on any atom is 0.238 e. The van der Waals surface area contributed by atoms with Crippen molar-refractivity contribution in [3.05, 3.63) is 90.1 Å². The summed E-state index contributed by atoms with van der Waals surface area (Å²) in [6, 6.07) is 23.7. The van der Waals surface area contributed by atoms with Gasteiger partial charge in [-0.3, -0.25) is 9.69 Å². The third kappa shape index (κ3) is 7.48. The molecule has 1 amide bonds. The zero-order chi connectivity index (χ0) is 22.8. The normalized spacial score (nSPS) is 12.2. The number of amides is 1. The molecule has 0 fully saturated rings. The third-order valence-corrected chi connectivity index (χ3v) is 6.25. The van der Waals surface area contributed by atoms with Gasteiger partial charge in [0.05, 0.1) is 18.2 Å². The summed E-state index contributed by atoms with van der Waals surface area (Å²) in [4.78, 5) is 19.3. The predicted molar refractivity (Wildman–Crippen MR) is 131 cm³/mol. The largest absolute Gasteiger partial charge is 0.395 e. The van der Waals surface area contributed by atoms with Crippen LogP contribution in [0, 0.1) is 5.92 Å². The van der Waals surface area contributed by atoms with Crippen molar-refractivity contribution in [1.82, 2.24) is 9.88 Å². The van der Waals surface area contributed by atoms with Gasteiger partial charge in [-0.2, -0.15) is 0 Å². The molecule has 5 nitrogen and oxygen atoms in total. The van der Waals surface area contributed by atoms with Gasteiger partial charge in [-0.05, 0) is 41.3 Å². The van der Waals surface area contributed by atoms with Gasteiger partial charge in [0, 0.05) is 30.2 Å². The van der Waals surface area contributed by atoms with Crippen molar-refractivity contribution in [3.63, 3.8) is 0 Å². The lowest BCUT2D eigenvalue weighted by atomic mass is 10.0. The average molecular weight is 450 g/mol. The van der Waals surface area contributed by atoms with Crippen molar-refractivity contribution in [2.24, 2.45) is 5.92 Å². The minimum absolute atomic E-state index is 0.0119. The van der Waals surface area contributed by atoms with Gasteiger partial charge < -0.3 is 10.4 Å². The van der Waals surface area contributed by atoms with Crippen LogP contribution in [0.2, 0.25) is 0 Å². The zero-order valence-electron chi connectivity index (χ0n) is 18.6. The van der Waals surface area contributed by atoms with Crippen molar-refractivity contribution in [3.8, 4) is 0 Å². The highest BCUT2D eigenvalue weighted by Crippen LogP contribution is 2.22. The number of carbonyl (C=O) groups excluding carboxylic acids is 1. The summed E-state index contributed by atoms with van der Waals surface area (Å²) in [7, 11) is 0. The standard InChI is InChI=1S/C26H31N3O2S/c1-20(2)24(18-30)29(16-21-9-4-3-5-10-21)17-25(31)28-23-12-8-11-22(15-23)19-32-26-13-6-7-14-27-26/h3-15,20,24,30H,16-19H2,1-2H3,(H,28,31). The molecule has 0 aliphatic carbocycles. The number of carbonyl (C=O) groups is 1. The van der Waals surface area contributed by atoms with E-state index in [1.807, 2.05) is 72.8 Å². The lowest BCUT2D eigenvalue weighted by Crippen LogP contribution is -2.45. The fourth-order valence-electron chi connectivity index (χ4n) is 3.57. The Kier molecular flexibility index (Phi) is 9.28. The lowest BCUT2D eigenvalue weighted by molar-refractivity contribution is -0.118. The van der Waals surface area contributed by atoms with E-state index in [1.165, 1.54) is 0 Å². The molecule has 1 atom stereocenters. The Labute approximate surface area is 194 Å². The Morgan fingerprint density at radius 1 is 1.03 bits per heavy atom. The van der Waals surface area contributed by atoms with Crippen LogP contribution in [0.25, 0.3) is 0 Å². The lowest BCUT2D eigenvalue weighted by Gasteiger charge is -2.32. The number of hydrogen-bond acceptors (Lipinski definition) is 5. The monoisotopic (exact) mass is 449 g/mol. The van der Waals surface area contributed by atoms with E-state index in [9.17, 15) is 9.90 Å². The molecular weight excluding hydrogens is 418 g/mol. The fraction of sp³-hybridized carbons (Fsp3) is 0.308. The molecule has 1 unspecified atom stereocenters. The highest BCUT2D eigenvalue weighted by Gasteiger charge is 2.23. The maximum atomic E-state index is 12.9. The van der Waals surface area contributed by atoms with Crippen LogP contribution in [0.5, 0.6) is 0 Å². The second-order valence-corrected chi connectivity index (χ2v) is 9.09. The second kappa shape index (κ2) is 12.4. The number of aromatic nitrogens is 1. The summed E-state index contributed by atoms with van der Waals surface area (Å²) in [5.41, 5.74) is 3.02. The highest BCUT2D eigenvalue weighted by molar-refractivity contribution is 7.98. The number of benzene rings is 2. The molecule has 0 saturated heterocycles. The van der Waals surface area contributed by atoms with Gasteiger partial charge in [-0.1, -0.05) is 62.4 Å². The smallest absolute Gasteiger partial charge is 0.238 e. The van der Waals surface area contributed by atoms with Crippen LogP contribution < -0.4 is 5.32 Å². The van der Waals surface area contributed by atoms with Gasteiger partial charge in [-0.25, -0.2) is 4.98 Å². The fourth-order valence-corrected chi connectivity index (χ4v) is 4.37. The number of pyridine rings is 1. The second-order valence-electron chi connectivity index (χ2n) is 8.09. The highest BCUT2D eigenvalue weighted by atomic mass is 32.2. The number of aliphatic hydroxyl groups excluding tert-OH is 1. The quantitative estimate of drug-likeness (QED) is 0.411. The molecule has 0 radical (unpaired) electrons. The third-order valence-electron chi connectivity index (χ3n) is 5.24. The predicted octanol–water partition coefficient (Wildman–Crippen LogP) is 4.83. The van der Waals surface area contributed by atoms with Gasteiger partial charge in [0.2, 0.25) is 5.91 Å². The molecule has 168 valence electrons. The van der Waals surface area contributed by atoms with E-state index >= 15 is 0 Å². The average Bonchev–Trinajstić information content (AvgIpc) is 2.79. The number of thioether (sulfide) groups is 1. The summed E-state index contributed by atoms with van der Waals surface area (Å²) in [5, 5.41) is 14.0. The molecule has 3 aromatic rings. The van der Waals surface area contributed by atoms with Gasteiger partial charge in [0.1, 0.15) is 0 Å². The Balaban J connectivity index is 1.63. The van der Waals surface area contributed by atoms with Gasteiger partial charge in [0.25, 0.3) is 0 Å². The number of nitrogens with zero attached hydrogens (tertiary/aromatic N) is 2. The van der Waals surface area contributed by atoms with Crippen molar-refractivity contribution in [2.75, 3.05) is 18.5 Å². The van der Waals surface area contributed by atoms with E-state index in [4.69, 9.17) is 0 Å². The Morgan fingerprint density at radius 2 is 1.78 bits per heavy atom. The molecule has 0 aliphatic heterocycles. The van der Waals surface area contributed by atoms with Crippen LogP contribution >= 0.6 is 11.8 Å². The van der Waals surface area contributed by atoms with Crippen molar-refractivity contribution < 1.29 is 9.90 Å². The van der Waals surface area contributed by atoms with Gasteiger partial charge in [0.15, 0.2) is 0 Å². The van der Waals surface area contributed by atoms with Crippen LogP contribution in [0.4, 0.5) is 5.69 Å². The van der Waals surface area contributed by atoms with Gasteiger partial charge in [-0.15, -0.1) is 11.8 Å². The number of rotatable bonds is 11. The Hall–Kier alpha value is -2.67. The summed E-state index contributed by atoms with van der Waals surface area (Å²) >= 11 is 1.66. The molecule has 3 rings (SSSR count). The van der Waals surface area contributed by atoms with E-state index in [0.717, 1.165) is 27.6 Å². The first-order valence-corrected chi connectivity index (χ1v) is 11.8.